The fraction of sp³-hybridized carbons (Fsp3) is 0. The van der Waals surface area contributed by atoms with Crippen molar-refractivity contribution in [2.24, 2.45) is 0 Å². The number of fused-ring (bicyclic) bond motifs is 1. The average Bonchev–Trinajstić information content (AvgIpc) is 2.50. The first-order valence-corrected chi connectivity index (χ1v) is 3.97. The zero-order valence-electron chi connectivity index (χ0n) is 6.45. The Morgan fingerprint density at radius 1 is 1.38 bits per heavy atom. The van der Waals surface area contributed by atoms with Gasteiger partial charge in [0.05, 0.1) is 16.8 Å². The molecule has 0 amide bonds. The summed E-state index contributed by atoms with van der Waals surface area (Å²) in [5.41, 5.74) is 0.620. The van der Waals surface area contributed by atoms with Crippen molar-refractivity contribution in [2.45, 2.75) is 0 Å². The zero-order valence-corrected chi connectivity index (χ0v) is 7.21. The molecule has 0 aliphatic heterocycles. The van der Waals surface area contributed by atoms with E-state index in [4.69, 9.17) is 21.1 Å². The maximum Gasteiger partial charge on any atom is 0.337 e. The minimum absolute atomic E-state index is 0.0907. The highest BCUT2D eigenvalue weighted by atomic mass is 35.5. The van der Waals surface area contributed by atoms with E-state index in [1.807, 2.05) is 0 Å². The molecule has 0 bridgehead atoms. The van der Waals surface area contributed by atoms with Gasteiger partial charge in [-0.2, -0.15) is 0 Å². The Kier molecular flexibility index (Phi) is 1.74. The molecule has 0 atom stereocenters. The Morgan fingerprint density at radius 3 is 2.85 bits per heavy atom. The SMILES string of the molecule is O=C(O)c1c(Cl)ccc2occc12. The van der Waals surface area contributed by atoms with E-state index in [0.29, 0.717) is 11.0 Å². The van der Waals surface area contributed by atoms with Crippen LogP contribution < -0.4 is 0 Å². The first-order valence-electron chi connectivity index (χ1n) is 3.59. The van der Waals surface area contributed by atoms with Crippen molar-refractivity contribution < 1.29 is 14.3 Å². The summed E-state index contributed by atoms with van der Waals surface area (Å²) in [6.07, 6.45) is 1.44. The fourth-order valence-electron chi connectivity index (χ4n) is 1.23. The van der Waals surface area contributed by atoms with Crippen molar-refractivity contribution in [1.29, 1.82) is 0 Å². The molecule has 0 spiro atoms. The Morgan fingerprint density at radius 2 is 2.15 bits per heavy atom. The third kappa shape index (κ3) is 1.17. The Balaban J connectivity index is 2.88. The molecular weight excluding hydrogens is 192 g/mol. The molecule has 3 nitrogen and oxygen atoms in total. The lowest BCUT2D eigenvalue weighted by Gasteiger charge is -1.98. The summed E-state index contributed by atoms with van der Waals surface area (Å²) in [7, 11) is 0. The van der Waals surface area contributed by atoms with Crippen LogP contribution in [0.1, 0.15) is 10.4 Å². The first-order chi connectivity index (χ1) is 6.20. The number of carboxylic acids is 1. The van der Waals surface area contributed by atoms with Gasteiger partial charge >= 0.3 is 5.97 Å². The molecule has 0 saturated carbocycles. The number of carboxylic acid groups (broad SMARTS) is 1. The molecule has 0 radical (unpaired) electrons. The van der Waals surface area contributed by atoms with Gasteiger partial charge in [0.25, 0.3) is 0 Å². The number of aromatic carboxylic acids is 1. The lowest BCUT2D eigenvalue weighted by atomic mass is 10.1. The van der Waals surface area contributed by atoms with Gasteiger partial charge in [-0.25, -0.2) is 4.79 Å². The van der Waals surface area contributed by atoms with Gasteiger partial charge in [0.2, 0.25) is 0 Å². The van der Waals surface area contributed by atoms with Gasteiger partial charge < -0.3 is 9.52 Å². The van der Waals surface area contributed by atoms with Crippen LogP contribution in [-0.2, 0) is 0 Å². The van der Waals surface area contributed by atoms with E-state index in [1.165, 1.54) is 12.3 Å². The number of furan rings is 1. The molecule has 1 heterocycles. The minimum atomic E-state index is -1.04. The van der Waals surface area contributed by atoms with E-state index in [9.17, 15) is 4.79 Å². The molecule has 2 aromatic rings. The molecule has 13 heavy (non-hydrogen) atoms. The van der Waals surface area contributed by atoms with Crippen LogP contribution in [0.4, 0.5) is 0 Å². The largest absolute Gasteiger partial charge is 0.478 e. The van der Waals surface area contributed by atoms with Gasteiger partial charge in [-0.15, -0.1) is 0 Å². The molecule has 0 aliphatic carbocycles. The lowest BCUT2D eigenvalue weighted by Crippen LogP contribution is -1.97. The number of rotatable bonds is 1. The minimum Gasteiger partial charge on any atom is -0.478 e. The van der Waals surface area contributed by atoms with Crippen LogP contribution in [0.25, 0.3) is 11.0 Å². The molecule has 0 aliphatic rings. The summed E-state index contributed by atoms with van der Waals surface area (Å²) in [6.45, 7) is 0. The van der Waals surface area contributed by atoms with Gasteiger partial charge in [0.1, 0.15) is 5.58 Å². The van der Waals surface area contributed by atoms with E-state index < -0.39 is 5.97 Å². The molecular formula is C9H5ClO3. The van der Waals surface area contributed by atoms with Crippen LogP contribution in [-0.4, -0.2) is 11.1 Å². The smallest absolute Gasteiger partial charge is 0.337 e. The molecule has 1 aromatic carbocycles. The summed E-state index contributed by atoms with van der Waals surface area (Å²) in [5.74, 6) is -1.04. The highest BCUT2D eigenvalue weighted by Crippen LogP contribution is 2.26. The van der Waals surface area contributed by atoms with Crippen LogP contribution >= 0.6 is 11.6 Å². The fourth-order valence-corrected chi connectivity index (χ4v) is 1.48. The van der Waals surface area contributed by atoms with Crippen LogP contribution in [0.5, 0.6) is 0 Å². The third-order valence-electron chi connectivity index (χ3n) is 1.80. The van der Waals surface area contributed by atoms with Crippen LogP contribution in [0.2, 0.25) is 5.02 Å². The van der Waals surface area contributed by atoms with E-state index in [2.05, 4.69) is 0 Å². The highest BCUT2D eigenvalue weighted by molar-refractivity contribution is 6.35. The third-order valence-corrected chi connectivity index (χ3v) is 2.11. The van der Waals surface area contributed by atoms with Gasteiger partial charge in [-0.3, -0.25) is 0 Å². The van der Waals surface area contributed by atoms with Gasteiger partial charge in [0, 0.05) is 5.39 Å². The van der Waals surface area contributed by atoms with Crippen LogP contribution in [0.15, 0.2) is 28.9 Å². The molecule has 1 aromatic heterocycles. The van der Waals surface area contributed by atoms with Crippen LogP contribution in [0, 0.1) is 0 Å². The summed E-state index contributed by atoms with van der Waals surface area (Å²) in [4.78, 5) is 10.8. The molecule has 1 N–H and O–H groups in total. The summed E-state index contributed by atoms with van der Waals surface area (Å²) in [5, 5.41) is 9.61. The normalized spacial score (nSPS) is 10.5. The number of benzene rings is 1. The number of hydrogen-bond donors (Lipinski definition) is 1. The second-order valence-electron chi connectivity index (χ2n) is 2.56. The average molecular weight is 197 g/mol. The predicted octanol–water partition coefficient (Wildman–Crippen LogP) is 2.78. The van der Waals surface area contributed by atoms with Crippen molar-refractivity contribution in [3.8, 4) is 0 Å². The van der Waals surface area contributed by atoms with Gasteiger partial charge in [0.15, 0.2) is 0 Å². The summed E-state index contributed by atoms with van der Waals surface area (Å²) in [6, 6.07) is 4.74. The molecule has 0 fully saturated rings. The number of carbonyl (C=O) groups is 1. The van der Waals surface area contributed by atoms with Crippen molar-refractivity contribution in [1.82, 2.24) is 0 Å². The standard InChI is InChI=1S/C9H5ClO3/c10-6-1-2-7-5(3-4-13-7)8(6)9(11)12/h1-4H,(H,11,12). The summed E-state index contributed by atoms with van der Waals surface area (Å²) >= 11 is 5.73. The van der Waals surface area contributed by atoms with Crippen molar-refractivity contribution in [2.75, 3.05) is 0 Å². The Labute approximate surface area is 78.5 Å². The molecule has 0 saturated heterocycles. The number of hydrogen-bond acceptors (Lipinski definition) is 2. The monoisotopic (exact) mass is 196 g/mol. The summed E-state index contributed by atoms with van der Waals surface area (Å²) < 4.78 is 5.04. The predicted molar refractivity (Wildman–Crippen MR) is 48.2 cm³/mol. The topological polar surface area (TPSA) is 50.4 Å². The highest BCUT2D eigenvalue weighted by Gasteiger charge is 2.14. The second kappa shape index (κ2) is 2.78. The molecule has 2 rings (SSSR count). The van der Waals surface area contributed by atoms with E-state index in [1.54, 1.807) is 12.1 Å². The first kappa shape index (κ1) is 8.13. The maximum atomic E-state index is 10.8. The number of halogens is 1. The molecule has 66 valence electrons. The van der Waals surface area contributed by atoms with Crippen molar-refractivity contribution in [3.05, 3.63) is 35.0 Å². The molecule has 4 heteroatoms. The second-order valence-corrected chi connectivity index (χ2v) is 2.97. The van der Waals surface area contributed by atoms with Crippen molar-refractivity contribution >= 4 is 28.5 Å². The quantitative estimate of drug-likeness (QED) is 0.763. The molecule has 0 unspecified atom stereocenters. The lowest BCUT2D eigenvalue weighted by molar-refractivity contribution is 0.0699. The Bertz CT molecular complexity index is 473. The van der Waals surface area contributed by atoms with E-state index >= 15 is 0 Å². The van der Waals surface area contributed by atoms with Crippen molar-refractivity contribution in [3.63, 3.8) is 0 Å². The zero-order chi connectivity index (χ0) is 9.42. The maximum absolute atomic E-state index is 10.8. The van der Waals surface area contributed by atoms with Gasteiger partial charge in [-0.1, -0.05) is 11.6 Å². The van der Waals surface area contributed by atoms with Crippen LogP contribution in [0.3, 0.4) is 0 Å². The van der Waals surface area contributed by atoms with E-state index in [-0.39, 0.29) is 10.6 Å². The Hall–Kier alpha value is -1.48. The van der Waals surface area contributed by atoms with E-state index in [0.717, 1.165) is 0 Å². The van der Waals surface area contributed by atoms with Gasteiger partial charge in [-0.05, 0) is 18.2 Å².